The van der Waals surface area contributed by atoms with Crippen LogP contribution in [0.5, 0.6) is 5.75 Å². The maximum Gasteiger partial charge on any atom is 0.336 e. The van der Waals surface area contributed by atoms with Crippen molar-refractivity contribution in [2.24, 2.45) is 0 Å². The van der Waals surface area contributed by atoms with Gasteiger partial charge in [0.05, 0.1) is 7.11 Å². The van der Waals surface area contributed by atoms with E-state index in [2.05, 4.69) is 4.89 Å². The lowest BCUT2D eigenvalue weighted by Crippen LogP contribution is -2.02. The van der Waals surface area contributed by atoms with Crippen molar-refractivity contribution in [1.29, 1.82) is 0 Å². The molecule has 0 aliphatic rings. The third-order valence-corrected chi connectivity index (χ3v) is 2.38. The van der Waals surface area contributed by atoms with E-state index in [9.17, 15) is 4.79 Å². The number of hydrogen-bond acceptors (Lipinski definition) is 5. The molecule has 17 heavy (non-hydrogen) atoms. The zero-order chi connectivity index (χ0) is 12.3. The molecule has 5 heteroatoms. The molecule has 1 N–H and O–H groups in total. The molecule has 5 nitrogen and oxygen atoms in total. The van der Waals surface area contributed by atoms with Crippen molar-refractivity contribution in [3.63, 3.8) is 0 Å². The summed E-state index contributed by atoms with van der Waals surface area (Å²) in [5.74, 6) is 0.434. The van der Waals surface area contributed by atoms with Crippen LogP contribution < -0.4 is 10.5 Å². The van der Waals surface area contributed by atoms with Gasteiger partial charge in [0, 0.05) is 30.0 Å². The number of rotatable bonds is 4. The SMILES string of the molecule is COOc1ccc2ccc(=O)oc2c1CCO. The van der Waals surface area contributed by atoms with Crippen molar-refractivity contribution in [3.05, 3.63) is 40.2 Å². The minimum atomic E-state index is -0.439. The van der Waals surface area contributed by atoms with Gasteiger partial charge in [-0.15, -0.1) is 0 Å². The van der Waals surface area contributed by atoms with E-state index in [-0.39, 0.29) is 6.61 Å². The van der Waals surface area contributed by atoms with Gasteiger partial charge in [-0.2, -0.15) is 4.89 Å². The smallest absolute Gasteiger partial charge is 0.336 e. The molecule has 1 heterocycles. The Hall–Kier alpha value is -1.85. The van der Waals surface area contributed by atoms with Crippen LogP contribution in [0.3, 0.4) is 0 Å². The minimum absolute atomic E-state index is 0.0716. The van der Waals surface area contributed by atoms with Gasteiger partial charge in [-0.1, -0.05) is 0 Å². The molecule has 0 aliphatic heterocycles. The molecule has 0 radical (unpaired) electrons. The summed E-state index contributed by atoms with van der Waals surface area (Å²) in [5, 5.41) is 9.80. The first kappa shape index (κ1) is 11.6. The second-order valence-corrected chi connectivity index (χ2v) is 3.44. The van der Waals surface area contributed by atoms with E-state index in [1.165, 1.54) is 13.2 Å². The molecule has 2 aromatic rings. The lowest BCUT2D eigenvalue weighted by atomic mass is 10.1. The van der Waals surface area contributed by atoms with Gasteiger partial charge in [-0.05, 0) is 18.2 Å². The molecular formula is C12H12O5. The maximum atomic E-state index is 11.2. The zero-order valence-corrected chi connectivity index (χ0v) is 9.30. The average Bonchev–Trinajstić information content (AvgIpc) is 2.33. The van der Waals surface area contributed by atoms with Crippen molar-refractivity contribution >= 4 is 11.0 Å². The van der Waals surface area contributed by atoms with Crippen LogP contribution in [-0.2, 0) is 11.3 Å². The van der Waals surface area contributed by atoms with Crippen molar-refractivity contribution in [3.8, 4) is 5.75 Å². The van der Waals surface area contributed by atoms with Crippen LogP contribution in [0, 0.1) is 0 Å². The molecule has 0 saturated heterocycles. The Bertz CT molecular complexity index is 573. The van der Waals surface area contributed by atoms with E-state index in [1.807, 2.05) is 0 Å². The molecule has 90 valence electrons. The van der Waals surface area contributed by atoms with Crippen LogP contribution in [0.25, 0.3) is 11.0 Å². The van der Waals surface area contributed by atoms with Crippen LogP contribution in [0.1, 0.15) is 5.56 Å². The molecule has 1 aromatic heterocycles. The summed E-state index contributed by atoms with van der Waals surface area (Å²) < 4.78 is 5.13. The zero-order valence-electron chi connectivity index (χ0n) is 9.30. The molecule has 0 saturated carbocycles. The molecule has 0 amide bonds. The molecule has 0 bridgehead atoms. The molecule has 0 atom stereocenters. The first-order valence-electron chi connectivity index (χ1n) is 5.13. The van der Waals surface area contributed by atoms with Gasteiger partial charge >= 0.3 is 5.63 Å². The second-order valence-electron chi connectivity index (χ2n) is 3.44. The normalized spacial score (nSPS) is 10.7. The summed E-state index contributed by atoms with van der Waals surface area (Å²) in [4.78, 5) is 20.8. The Labute approximate surface area is 97.1 Å². The molecule has 0 spiro atoms. The Morgan fingerprint density at radius 3 is 2.76 bits per heavy atom. The molecule has 1 aromatic carbocycles. The third-order valence-electron chi connectivity index (χ3n) is 2.38. The lowest BCUT2D eigenvalue weighted by Gasteiger charge is -2.09. The van der Waals surface area contributed by atoms with Gasteiger partial charge in [-0.25, -0.2) is 4.79 Å². The standard InChI is InChI=1S/C12H12O5/c1-15-17-10-4-2-8-3-5-11(14)16-12(8)9(10)6-7-13/h2-5,13H,6-7H2,1H3. The van der Waals surface area contributed by atoms with Crippen molar-refractivity contribution in [1.82, 2.24) is 0 Å². The van der Waals surface area contributed by atoms with Gasteiger partial charge in [0.1, 0.15) is 5.58 Å². The topological polar surface area (TPSA) is 68.9 Å². The summed E-state index contributed by atoms with van der Waals surface area (Å²) in [6.07, 6.45) is 0.322. The number of hydrogen-bond donors (Lipinski definition) is 1. The number of fused-ring (bicyclic) bond motifs is 1. The van der Waals surface area contributed by atoms with E-state index in [1.54, 1.807) is 18.2 Å². The van der Waals surface area contributed by atoms with E-state index < -0.39 is 5.63 Å². The summed E-state index contributed by atoms with van der Waals surface area (Å²) in [7, 11) is 1.38. The van der Waals surface area contributed by atoms with Gasteiger partial charge in [0.2, 0.25) is 0 Å². The number of aliphatic hydroxyl groups excluding tert-OH is 1. The Morgan fingerprint density at radius 2 is 2.06 bits per heavy atom. The summed E-state index contributed by atoms with van der Waals surface area (Å²) in [6, 6.07) is 6.48. The Morgan fingerprint density at radius 1 is 1.29 bits per heavy atom. The van der Waals surface area contributed by atoms with Crippen LogP contribution in [0.15, 0.2) is 33.5 Å². The first-order valence-corrected chi connectivity index (χ1v) is 5.13. The van der Waals surface area contributed by atoms with E-state index in [0.29, 0.717) is 23.3 Å². The predicted octanol–water partition coefficient (Wildman–Crippen LogP) is 1.27. The largest absolute Gasteiger partial charge is 0.422 e. The second kappa shape index (κ2) is 4.99. The first-order chi connectivity index (χ1) is 8.26. The Kier molecular flexibility index (Phi) is 3.41. The minimum Gasteiger partial charge on any atom is -0.422 e. The molecular weight excluding hydrogens is 224 g/mol. The Balaban J connectivity index is 2.67. The van der Waals surface area contributed by atoms with Crippen LogP contribution in [-0.4, -0.2) is 18.8 Å². The number of aliphatic hydroxyl groups is 1. The van der Waals surface area contributed by atoms with Crippen molar-refractivity contribution in [2.75, 3.05) is 13.7 Å². The monoisotopic (exact) mass is 236 g/mol. The highest BCUT2D eigenvalue weighted by Gasteiger charge is 2.12. The quantitative estimate of drug-likeness (QED) is 0.492. The molecule has 0 aliphatic carbocycles. The van der Waals surface area contributed by atoms with Crippen LogP contribution in [0.4, 0.5) is 0 Å². The molecule has 2 rings (SSSR count). The van der Waals surface area contributed by atoms with E-state index in [0.717, 1.165) is 5.39 Å². The fourth-order valence-corrected chi connectivity index (χ4v) is 1.69. The highest BCUT2D eigenvalue weighted by molar-refractivity contribution is 5.82. The summed E-state index contributed by atoms with van der Waals surface area (Å²) in [6.45, 7) is -0.0716. The summed E-state index contributed by atoms with van der Waals surface area (Å²) >= 11 is 0. The fourth-order valence-electron chi connectivity index (χ4n) is 1.69. The highest BCUT2D eigenvalue weighted by Crippen LogP contribution is 2.27. The van der Waals surface area contributed by atoms with E-state index >= 15 is 0 Å². The van der Waals surface area contributed by atoms with Crippen LogP contribution in [0.2, 0.25) is 0 Å². The lowest BCUT2D eigenvalue weighted by molar-refractivity contribution is -0.178. The molecule has 0 fully saturated rings. The third kappa shape index (κ3) is 2.30. The van der Waals surface area contributed by atoms with Crippen LogP contribution >= 0.6 is 0 Å². The van der Waals surface area contributed by atoms with Gasteiger partial charge in [0.15, 0.2) is 5.75 Å². The predicted molar refractivity (Wildman–Crippen MR) is 60.9 cm³/mol. The summed E-state index contributed by atoms with van der Waals surface area (Å²) in [5.41, 5.74) is 0.594. The maximum absolute atomic E-state index is 11.2. The fraction of sp³-hybridized carbons (Fsp3) is 0.250. The average molecular weight is 236 g/mol. The van der Waals surface area contributed by atoms with Gasteiger partial charge in [0.25, 0.3) is 0 Å². The van der Waals surface area contributed by atoms with Crippen molar-refractivity contribution in [2.45, 2.75) is 6.42 Å². The van der Waals surface area contributed by atoms with Gasteiger partial charge in [-0.3, -0.25) is 0 Å². The molecule has 0 unspecified atom stereocenters. The van der Waals surface area contributed by atoms with Crippen molar-refractivity contribution < 1.29 is 19.3 Å². The number of benzene rings is 1. The van der Waals surface area contributed by atoms with Gasteiger partial charge < -0.3 is 14.4 Å². The highest BCUT2D eigenvalue weighted by atomic mass is 17.2. The van der Waals surface area contributed by atoms with E-state index in [4.69, 9.17) is 14.4 Å².